The molecule has 1 aromatic rings. The molecule has 3 atom stereocenters. The van der Waals surface area contributed by atoms with Gasteiger partial charge in [0.05, 0.1) is 0 Å². The van der Waals surface area contributed by atoms with Crippen LogP contribution in [0.1, 0.15) is 44.2 Å². The van der Waals surface area contributed by atoms with Crippen molar-refractivity contribution < 1.29 is 0 Å². The average Bonchev–Trinajstić information content (AvgIpc) is 3.09. The van der Waals surface area contributed by atoms with Crippen molar-refractivity contribution in [2.75, 3.05) is 6.54 Å². The molecule has 0 radical (unpaired) electrons. The Labute approximate surface area is 109 Å². The van der Waals surface area contributed by atoms with Crippen LogP contribution in [0.5, 0.6) is 0 Å². The number of nitrogens with one attached hydrogen (secondary N) is 3. The van der Waals surface area contributed by atoms with Gasteiger partial charge in [0.2, 0.25) is 0 Å². The summed E-state index contributed by atoms with van der Waals surface area (Å²) < 4.78 is 0. The molecule has 0 bridgehead atoms. The van der Waals surface area contributed by atoms with Crippen molar-refractivity contribution in [1.82, 2.24) is 20.8 Å². The summed E-state index contributed by atoms with van der Waals surface area (Å²) in [6.07, 6.45) is 10.1. The summed E-state index contributed by atoms with van der Waals surface area (Å²) in [5.74, 6) is 0.827. The molecule has 4 nitrogen and oxygen atoms in total. The molecule has 2 aliphatic rings. The molecule has 18 heavy (non-hydrogen) atoms. The van der Waals surface area contributed by atoms with E-state index in [1.165, 1.54) is 50.8 Å². The Morgan fingerprint density at radius 2 is 2.22 bits per heavy atom. The molecule has 3 unspecified atom stereocenters. The van der Waals surface area contributed by atoms with Gasteiger partial charge in [0.15, 0.2) is 0 Å². The second-order valence-corrected chi connectivity index (χ2v) is 5.72. The number of hydrogen-bond donors (Lipinski definition) is 3. The summed E-state index contributed by atoms with van der Waals surface area (Å²) in [4.78, 5) is 0. The highest BCUT2D eigenvalue weighted by atomic mass is 15.1. The predicted octanol–water partition coefficient (Wildman–Crippen LogP) is 1.81. The minimum absolute atomic E-state index is 0.684. The topological polar surface area (TPSA) is 52.7 Å². The zero-order chi connectivity index (χ0) is 12.2. The maximum absolute atomic E-state index is 4.00. The molecule has 2 heterocycles. The molecule has 100 valence electrons. The quantitative estimate of drug-likeness (QED) is 0.761. The number of H-pyrrole nitrogens is 1. The van der Waals surface area contributed by atoms with E-state index in [1.54, 1.807) is 0 Å². The fourth-order valence-electron chi connectivity index (χ4n) is 3.59. The summed E-state index contributed by atoms with van der Waals surface area (Å²) in [5.41, 5.74) is 1.19. The lowest BCUT2D eigenvalue weighted by atomic mass is 9.88. The van der Waals surface area contributed by atoms with Crippen LogP contribution in [-0.2, 0) is 6.54 Å². The number of aromatic amines is 1. The van der Waals surface area contributed by atoms with Gasteiger partial charge in [0.1, 0.15) is 0 Å². The molecule has 0 amide bonds. The molecule has 3 N–H and O–H groups in total. The lowest BCUT2D eigenvalue weighted by Crippen LogP contribution is -2.46. The zero-order valence-corrected chi connectivity index (χ0v) is 11.0. The number of nitrogens with zero attached hydrogens (tertiary/aromatic N) is 1. The summed E-state index contributed by atoms with van der Waals surface area (Å²) in [6, 6.07) is 3.49. The van der Waals surface area contributed by atoms with Crippen molar-refractivity contribution in [1.29, 1.82) is 0 Å². The van der Waals surface area contributed by atoms with Gasteiger partial charge in [-0.25, -0.2) is 0 Å². The standard InChI is InChI=1S/C14H24N4/c1-2-8-15-13(5-1)12-4-3-6-14(12)16-10-11-7-9-17-18-11/h7,9,12-16H,1-6,8,10H2,(H,17,18). The molecule has 1 aromatic heterocycles. The monoisotopic (exact) mass is 248 g/mol. The zero-order valence-electron chi connectivity index (χ0n) is 11.0. The van der Waals surface area contributed by atoms with Gasteiger partial charge in [0.25, 0.3) is 0 Å². The first kappa shape index (κ1) is 12.2. The van der Waals surface area contributed by atoms with Gasteiger partial charge < -0.3 is 10.6 Å². The maximum Gasteiger partial charge on any atom is 0.0490 e. The van der Waals surface area contributed by atoms with Crippen LogP contribution in [-0.4, -0.2) is 28.8 Å². The van der Waals surface area contributed by atoms with Crippen molar-refractivity contribution in [3.8, 4) is 0 Å². The molecular formula is C14H24N4. The van der Waals surface area contributed by atoms with Crippen molar-refractivity contribution >= 4 is 0 Å². The third-order valence-corrected chi connectivity index (χ3v) is 4.55. The Kier molecular flexibility index (Phi) is 3.96. The molecule has 0 spiro atoms. The largest absolute Gasteiger partial charge is 0.314 e. The van der Waals surface area contributed by atoms with Crippen LogP contribution in [0.15, 0.2) is 12.3 Å². The molecule has 1 aliphatic heterocycles. The highest BCUT2D eigenvalue weighted by molar-refractivity contribution is 4.99. The molecular weight excluding hydrogens is 224 g/mol. The van der Waals surface area contributed by atoms with Gasteiger partial charge in [-0.05, 0) is 44.2 Å². The lowest BCUT2D eigenvalue weighted by Gasteiger charge is -2.33. The van der Waals surface area contributed by atoms with Gasteiger partial charge in [-0.2, -0.15) is 5.10 Å². The third-order valence-electron chi connectivity index (χ3n) is 4.55. The third kappa shape index (κ3) is 2.75. The van der Waals surface area contributed by atoms with E-state index in [-0.39, 0.29) is 0 Å². The van der Waals surface area contributed by atoms with E-state index in [0.717, 1.165) is 18.5 Å². The van der Waals surface area contributed by atoms with E-state index in [1.807, 2.05) is 6.20 Å². The van der Waals surface area contributed by atoms with Gasteiger partial charge in [0, 0.05) is 30.5 Å². The molecule has 1 aliphatic carbocycles. The SMILES string of the molecule is c1cc(CNC2CCCC2C2CCCCN2)[nH]n1. The van der Waals surface area contributed by atoms with E-state index in [9.17, 15) is 0 Å². The fourth-order valence-corrected chi connectivity index (χ4v) is 3.59. The second kappa shape index (κ2) is 5.85. The normalized spacial score (nSPS) is 32.8. The fraction of sp³-hybridized carbons (Fsp3) is 0.786. The highest BCUT2D eigenvalue weighted by Crippen LogP contribution is 2.31. The van der Waals surface area contributed by atoms with E-state index >= 15 is 0 Å². The lowest BCUT2D eigenvalue weighted by molar-refractivity contribution is 0.256. The average molecular weight is 248 g/mol. The Bertz CT molecular complexity index is 343. The van der Waals surface area contributed by atoms with Crippen molar-refractivity contribution in [3.05, 3.63) is 18.0 Å². The van der Waals surface area contributed by atoms with Crippen LogP contribution in [0, 0.1) is 5.92 Å². The van der Waals surface area contributed by atoms with E-state index in [0.29, 0.717) is 6.04 Å². The first-order valence-corrected chi connectivity index (χ1v) is 7.38. The van der Waals surface area contributed by atoms with E-state index in [4.69, 9.17) is 0 Å². The summed E-state index contributed by atoms with van der Waals surface area (Å²) in [6.45, 7) is 2.14. The van der Waals surface area contributed by atoms with Gasteiger partial charge in [-0.3, -0.25) is 5.10 Å². The van der Waals surface area contributed by atoms with Gasteiger partial charge >= 0.3 is 0 Å². The Balaban J connectivity index is 1.53. The summed E-state index contributed by atoms with van der Waals surface area (Å²) in [7, 11) is 0. The van der Waals surface area contributed by atoms with Crippen LogP contribution < -0.4 is 10.6 Å². The molecule has 1 saturated carbocycles. The summed E-state index contributed by atoms with van der Waals surface area (Å²) >= 11 is 0. The Morgan fingerprint density at radius 1 is 1.22 bits per heavy atom. The van der Waals surface area contributed by atoms with Crippen molar-refractivity contribution in [3.63, 3.8) is 0 Å². The summed E-state index contributed by atoms with van der Waals surface area (Å²) in [5, 5.41) is 14.5. The van der Waals surface area contributed by atoms with Crippen LogP contribution in [0.2, 0.25) is 0 Å². The predicted molar refractivity (Wildman–Crippen MR) is 72.2 cm³/mol. The molecule has 1 saturated heterocycles. The van der Waals surface area contributed by atoms with Crippen LogP contribution in [0.4, 0.5) is 0 Å². The number of rotatable bonds is 4. The maximum atomic E-state index is 4.00. The molecule has 2 fully saturated rings. The number of piperidine rings is 1. The minimum Gasteiger partial charge on any atom is -0.314 e. The Hall–Kier alpha value is -0.870. The molecule has 3 rings (SSSR count). The van der Waals surface area contributed by atoms with Crippen molar-refractivity contribution in [2.45, 2.75) is 57.2 Å². The number of aromatic nitrogens is 2. The van der Waals surface area contributed by atoms with E-state index < -0.39 is 0 Å². The Morgan fingerprint density at radius 3 is 3.00 bits per heavy atom. The molecule has 0 aromatic carbocycles. The molecule has 4 heteroatoms. The van der Waals surface area contributed by atoms with Gasteiger partial charge in [-0.1, -0.05) is 12.8 Å². The number of hydrogen-bond acceptors (Lipinski definition) is 3. The van der Waals surface area contributed by atoms with Crippen LogP contribution in [0.3, 0.4) is 0 Å². The first-order chi connectivity index (χ1) is 8.93. The van der Waals surface area contributed by atoms with E-state index in [2.05, 4.69) is 26.9 Å². The van der Waals surface area contributed by atoms with Crippen LogP contribution in [0.25, 0.3) is 0 Å². The highest BCUT2D eigenvalue weighted by Gasteiger charge is 2.33. The minimum atomic E-state index is 0.684. The van der Waals surface area contributed by atoms with Crippen LogP contribution >= 0.6 is 0 Å². The second-order valence-electron chi connectivity index (χ2n) is 5.72. The first-order valence-electron chi connectivity index (χ1n) is 7.38. The van der Waals surface area contributed by atoms with Gasteiger partial charge in [-0.15, -0.1) is 0 Å². The van der Waals surface area contributed by atoms with Crippen molar-refractivity contribution in [2.24, 2.45) is 5.92 Å². The smallest absolute Gasteiger partial charge is 0.0490 e.